The van der Waals surface area contributed by atoms with Gasteiger partial charge in [-0.25, -0.2) is 0 Å². The third-order valence-corrected chi connectivity index (χ3v) is 7.28. The van der Waals surface area contributed by atoms with Crippen LogP contribution in [0.25, 0.3) is 0 Å². The van der Waals surface area contributed by atoms with Crippen molar-refractivity contribution in [2.45, 2.75) is 19.4 Å². The average molecular weight is 637 g/mol. The van der Waals surface area contributed by atoms with Gasteiger partial charge in [0, 0.05) is 11.6 Å². The minimum atomic E-state index is -0.495. The average Bonchev–Trinajstić information content (AvgIpc) is 3.31. The second kappa shape index (κ2) is 10.2. The third kappa shape index (κ3) is 4.59. The summed E-state index contributed by atoms with van der Waals surface area (Å²) in [7, 11) is 0. The van der Waals surface area contributed by atoms with E-state index in [9.17, 15) is 5.26 Å². The number of rotatable bonds is 6. The Kier molecular flexibility index (Phi) is 6.97. The molecule has 7 nitrogen and oxygen atoms in total. The minimum Gasteiger partial charge on any atom is -0.490 e. The van der Waals surface area contributed by atoms with Crippen LogP contribution < -0.4 is 29.4 Å². The van der Waals surface area contributed by atoms with Crippen LogP contribution in [0.15, 0.2) is 53.9 Å². The van der Waals surface area contributed by atoms with Crippen LogP contribution in [-0.4, -0.2) is 13.4 Å². The number of fused-ring (bicyclic) bond motifs is 2. The molecule has 0 amide bonds. The van der Waals surface area contributed by atoms with Crippen LogP contribution in [0.3, 0.4) is 0 Å². The molecule has 0 bridgehead atoms. The van der Waals surface area contributed by atoms with Gasteiger partial charge >= 0.3 is 0 Å². The summed E-state index contributed by atoms with van der Waals surface area (Å²) in [5, 5.41) is 10.9. The number of nitriles is 1. The number of hydrogen-bond acceptors (Lipinski definition) is 7. The molecule has 2 aliphatic rings. The van der Waals surface area contributed by atoms with E-state index >= 15 is 0 Å². The van der Waals surface area contributed by atoms with Gasteiger partial charge in [0.1, 0.15) is 24.0 Å². The molecule has 0 saturated carbocycles. The molecule has 36 heavy (non-hydrogen) atoms. The predicted molar refractivity (Wildman–Crippen MR) is 143 cm³/mol. The van der Waals surface area contributed by atoms with Crippen molar-refractivity contribution in [1.82, 2.24) is 0 Å². The van der Waals surface area contributed by atoms with E-state index in [1.54, 1.807) is 18.2 Å². The Balaban J connectivity index is 1.55. The number of nitrogens with two attached hydrogens (primary N) is 1. The highest BCUT2D eigenvalue weighted by Crippen LogP contribution is 2.49. The van der Waals surface area contributed by atoms with Gasteiger partial charge in [-0.3, -0.25) is 0 Å². The lowest BCUT2D eigenvalue weighted by molar-refractivity contribution is 0.174. The van der Waals surface area contributed by atoms with Crippen molar-refractivity contribution in [3.05, 3.63) is 84.2 Å². The Morgan fingerprint density at radius 3 is 2.56 bits per heavy atom. The van der Waals surface area contributed by atoms with Crippen LogP contribution in [0.5, 0.6) is 28.7 Å². The van der Waals surface area contributed by atoms with Gasteiger partial charge in [-0.1, -0.05) is 29.3 Å². The predicted octanol–water partition coefficient (Wildman–Crippen LogP) is 6.52. The molecule has 10 heteroatoms. The number of nitrogens with zero attached hydrogens (tertiary/aromatic N) is 1. The molecule has 0 aliphatic carbocycles. The van der Waals surface area contributed by atoms with Crippen molar-refractivity contribution in [1.29, 1.82) is 5.26 Å². The molecule has 0 spiro atoms. The van der Waals surface area contributed by atoms with Crippen molar-refractivity contribution < 1.29 is 23.7 Å². The molecule has 0 radical (unpaired) electrons. The molecule has 3 aromatic carbocycles. The lowest BCUT2D eigenvalue weighted by Gasteiger charge is -2.27. The molecule has 1 atom stereocenters. The van der Waals surface area contributed by atoms with Crippen LogP contribution in [-0.2, 0) is 6.61 Å². The molecule has 3 aromatic rings. The standard InChI is InChI=1S/C26H19Cl2IN2O5/c1-2-32-23-7-14(6-19(29)25(23)33-11-13-3-4-17(27)18(28)5-13)24-15-8-21-22(35-12-34-21)9-20(15)36-26(31)16(24)10-30/h3-9,24H,2,11-12,31H2,1H3/t24-/m0/s1. The fourth-order valence-electron chi connectivity index (χ4n) is 4.13. The maximum absolute atomic E-state index is 9.96. The topological polar surface area (TPSA) is 96.0 Å². The number of ether oxygens (including phenoxy) is 5. The first-order valence-corrected chi connectivity index (χ1v) is 12.8. The maximum Gasteiger partial charge on any atom is 0.231 e. The fraction of sp³-hybridized carbons (Fsp3) is 0.192. The van der Waals surface area contributed by atoms with Crippen LogP contribution in [0.1, 0.15) is 29.5 Å². The van der Waals surface area contributed by atoms with Crippen molar-refractivity contribution >= 4 is 45.8 Å². The molecule has 184 valence electrons. The van der Waals surface area contributed by atoms with Crippen LogP contribution in [0.4, 0.5) is 0 Å². The molecule has 2 heterocycles. The van der Waals surface area contributed by atoms with Crippen molar-refractivity contribution in [2.24, 2.45) is 5.73 Å². The minimum absolute atomic E-state index is 0.0433. The van der Waals surface area contributed by atoms with E-state index in [0.29, 0.717) is 51.0 Å². The van der Waals surface area contributed by atoms with Gasteiger partial charge in [0.25, 0.3) is 0 Å². The summed E-state index contributed by atoms with van der Waals surface area (Å²) in [6.07, 6.45) is 0. The maximum atomic E-state index is 9.96. The van der Waals surface area contributed by atoms with Gasteiger partial charge in [-0.15, -0.1) is 0 Å². The fourth-order valence-corrected chi connectivity index (χ4v) is 5.23. The van der Waals surface area contributed by atoms with Gasteiger partial charge in [-0.2, -0.15) is 5.26 Å². The third-order valence-electron chi connectivity index (χ3n) is 5.74. The lowest BCUT2D eigenvalue weighted by Crippen LogP contribution is -2.21. The monoisotopic (exact) mass is 636 g/mol. The zero-order valence-electron chi connectivity index (χ0n) is 18.9. The summed E-state index contributed by atoms with van der Waals surface area (Å²) in [5.41, 5.74) is 8.86. The van der Waals surface area contributed by atoms with Gasteiger partial charge < -0.3 is 29.4 Å². The molecule has 0 fully saturated rings. The Bertz CT molecular complexity index is 1440. The summed E-state index contributed by atoms with van der Waals surface area (Å²) in [6.45, 7) is 2.71. The second-order valence-electron chi connectivity index (χ2n) is 7.97. The van der Waals surface area contributed by atoms with Gasteiger partial charge in [0.2, 0.25) is 12.7 Å². The van der Waals surface area contributed by atoms with E-state index in [0.717, 1.165) is 20.3 Å². The molecule has 2 N–H and O–H groups in total. The zero-order valence-corrected chi connectivity index (χ0v) is 22.6. The highest BCUT2D eigenvalue weighted by atomic mass is 127. The van der Waals surface area contributed by atoms with E-state index in [1.807, 2.05) is 31.2 Å². The van der Waals surface area contributed by atoms with Gasteiger partial charge in [0.15, 0.2) is 23.0 Å². The van der Waals surface area contributed by atoms with Crippen LogP contribution in [0, 0.1) is 14.9 Å². The quantitative estimate of drug-likeness (QED) is 0.308. The summed E-state index contributed by atoms with van der Waals surface area (Å²) in [5.74, 6) is 2.34. The second-order valence-corrected chi connectivity index (χ2v) is 9.94. The smallest absolute Gasteiger partial charge is 0.231 e. The van der Waals surface area contributed by atoms with Crippen molar-refractivity contribution in [3.8, 4) is 34.8 Å². The lowest BCUT2D eigenvalue weighted by atomic mass is 9.83. The molecular weight excluding hydrogens is 618 g/mol. The normalized spacial score (nSPS) is 15.7. The Labute approximate surface area is 231 Å². The number of benzene rings is 3. The summed E-state index contributed by atoms with van der Waals surface area (Å²) < 4.78 is 29.7. The Hall–Kier alpha value is -3.00. The summed E-state index contributed by atoms with van der Waals surface area (Å²) in [6, 6.07) is 14.9. The Morgan fingerprint density at radius 1 is 1.06 bits per heavy atom. The van der Waals surface area contributed by atoms with Gasteiger partial charge in [-0.05, 0) is 71.0 Å². The highest BCUT2D eigenvalue weighted by molar-refractivity contribution is 14.1. The van der Waals surface area contributed by atoms with Crippen LogP contribution in [0.2, 0.25) is 10.0 Å². The SMILES string of the molecule is CCOc1cc([C@@H]2C(C#N)=C(N)Oc3cc4c(cc32)OCO4)cc(I)c1OCc1ccc(Cl)c(Cl)c1. The summed E-state index contributed by atoms with van der Waals surface area (Å²) >= 11 is 14.4. The summed E-state index contributed by atoms with van der Waals surface area (Å²) in [4.78, 5) is 0. The first-order chi connectivity index (χ1) is 17.4. The number of hydrogen-bond donors (Lipinski definition) is 1. The molecule has 0 unspecified atom stereocenters. The largest absolute Gasteiger partial charge is 0.490 e. The van der Waals surface area contributed by atoms with Gasteiger partial charge in [0.05, 0.1) is 26.1 Å². The Morgan fingerprint density at radius 2 is 1.83 bits per heavy atom. The first kappa shape index (κ1) is 24.7. The molecule has 5 rings (SSSR count). The molecule has 0 saturated heterocycles. The molecule has 0 aromatic heterocycles. The van der Waals surface area contributed by atoms with E-state index < -0.39 is 5.92 Å². The van der Waals surface area contributed by atoms with E-state index in [4.69, 9.17) is 52.6 Å². The van der Waals surface area contributed by atoms with E-state index in [-0.39, 0.29) is 19.3 Å². The zero-order chi connectivity index (χ0) is 25.4. The van der Waals surface area contributed by atoms with Crippen LogP contribution >= 0.6 is 45.8 Å². The number of halogens is 3. The molecular formula is C26H19Cl2IN2O5. The first-order valence-electron chi connectivity index (χ1n) is 10.9. The molecule has 2 aliphatic heterocycles. The van der Waals surface area contributed by atoms with Crippen molar-refractivity contribution in [3.63, 3.8) is 0 Å². The number of allylic oxidation sites excluding steroid dienone is 1. The highest BCUT2D eigenvalue weighted by Gasteiger charge is 2.34. The van der Waals surface area contributed by atoms with Crippen molar-refractivity contribution in [2.75, 3.05) is 13.4 Å². The van der Waals surface area contributed by atoms with E-state index in [1.165, 1.54) is 0 Å². The van der Waals surface area contributed by atoms with E-state index in [2.05, 4.69) is 28.7 Å².